The van der Waals surface area contributed by atoms with E-state index < -0.39 is 15.8 Å². The van der Waals surface area contributed by atoms with Gasteiger partial charge < -0.3 is 9.80 Å². The van der Waals surface area contributed by atoms with E-state index in [4.69, 9.17) is 0 Å². The molecule has 30 heavy (non-hydrogen) atoms. The highest BCUT2D eigenvalue weighted by Gasteiger charge is 2.29. The van der Waals surface area contributed by atoms with E-state index in [0.717, 1.165) is 24.6 Å². The summed E-state index contributed by atoms with van der Waals surface area (Å²) in [5, 5.41) is 8.89. The lowest BCUT2D eigenvalue weighted by Gasteiger charge is -2.36. The predicted molar refractivity (Wildman–Crippen MR) is 115 cm³/mol. The monoisotopic (exact) mass is 433 g/mol. The van der Waals surface area contributed by atoms with Crippen LogP contribution >= 0.6 is 0 Å². The molecule has 4 rings (SSSR count). The van der Waals surface area contributed by atoms with Crippen molar-refractivity contribution in [1.29, 1.82) is 0 Å². The number of piperazine rings is 1. The van der Waals surface area contributed by atoms with Gasteiger partial charge in [-0.15, -0.1) is 10.2 Å². The van der Waals surface area contributed by atoms with E-state index in [1.54, 1.807) is 0 Å². The van der Waals surface area contributed by atoms with Gasteiger partial charge in [-0.25, -0.2) is 12.8 Å². The fraction of sp³-hybridized carbons (Fsp3) is 0.524. The Kier molecular flexibility index (Phi) is 6.19. The van der Waals surface area contributed by atoms with Gasteiger partial charge in [-0.1, -0.05) is 6.92 Å². The highest BCUT2D eigenvalue weighted by Crippen LogP contribution is 2.26. The second-order valence-corrected chi connectivity index (χ2v) is 9.78. The van der Waals surface area contributed by atoms with Gasteiger partial charge in [-0.05, 0) is 62.1 Å². The molecule has 7 nitrogen and oxygen atoms in total. The van der Waals surface area contributed by atoms with Crippen molar-refractivity contribution < 1.29 is 12.8 Å². The first-order valence-corrected chi connectivity index (χ1v) is 12.0. The highest BCUT2D eigenvalue weighted by atomic mass is 32.2. The summed E-state index contributed by atoms with van der Waals surface area (Å²) in [5.74, 6) is 1.24. The molecule has 1 atom stereocenters. The van der Waals surface area contributed by atoms with Crippen molar-refractivity contribution in [3.63, 3.8) is 0 Å². The lowest BCUT2D eigenvalue weighted by atomic mass is 10.0. The maximum Gasteiger partial charge on any atom is 0.243 e. The first-order valence-electron chi connectivity index (χ1n) is 10.6. The van der Waals surface area contributed by atoms with Crippen LogP contribution < -0.4 is 9.80 Å². The van der Waals surface area contributed by atoms with Crippen molar-refractivity contribution in [1.82, 2.24) is 14.5 Å². The number of aromatic nitrogens is 2. The topological polar surface area (TPSA) is 69.6 Å². The Morgan fingerprint density at radius 1 is 0.933 bits per heavy atom. The smallest absolute Gasteiger partial charge is 0.243 e. The largest absolute Gasteiger partial charge is 0.352 e. The van der Waals surface area contributed by atoms with E-state index in [-0.39, 0.29) is 4.90 Å². The summed E-state index contributed by atoms with van der Waals surface area (Å²) in [6.45, 7) is 5.02. The van der Waals surface area contributed by atoms with E-state index in [9.17, 15) is 12.8 Å². The number of anilines is 2. The molecule has 2 saturated heterocycles. The van der Waals surface area contributed by atoms with Gasteiger partial charge >= 0.3 is 0 Å². The minimum atomic E-state index is -3.62. The summed E-state index contributed by atoms with van der Waals surface area (Å²) >= 11 is 0. The van der Waals surface area contributed by atoms with Gasteiger partial charge in [0.1, 0.15) is 5.82 Å². The zero-order valence-electron chi connectivity index (χ0n) is 17.2. The van der Waals surface area contributed by atoms with Crippen molar-refractivity contribution in [2.75, 3.05) is 42.5 Å². The lowest BCUT2D eigenvalue weighted by molar-refractivity contribution is 0.383. The van der Waals surface area contributed by atoms with Crippen molar-refractivity contribution in [2.24, 2.45) is 0 Å². The van der Waals surface area contributed by atoms with Crippen LogP contribution in [0.3, 0.4) is 0 Å². The van der Waals surface area contributed by atoms with Crippen molar-refractivity contribution in [2.45, 2.75) is 43.5 Å². The Balaban J connectivity index is 1.40. The maximum atomic E-state index is 13.1. The minimum absolute atomic E-state index is 0.119. The number of hydrogen-bond acceptors (Lipinski definition) is 6. The Hall–Kier alpha value is -2.26. The van der Waals surface area contributed by atoms with Crippen LogP contribution in [0.15, 0.2) is 41.3 Å². The van der Waals surface area contributed by atoms with Crippen LogP contribution in [0, 0.1) is 5.82 Å². The standard InChI is InChI=1S/C21H28FN5O2S/c1-2-18-5-3-4-12-27(18)21-11-10-20(23-24-21)25-13-15-26(16-14-25)30(28,29)19-8-6-17(22)7-9-19/h6-11,18H,2-5,12-16H2,1H3. The van der Waals surface area contributed by atoms with Crippen molar-refractivity contribution >= 4 is 21.7 Å². The Morgan fingerprint density at radius 3 is 2.23 bits per heavy atom. The molecule has 9 heteroatoms. The lowest BCUT2D eigenvalue weighted by Crippen LogP contribution is -2.49. The number of rotatable bonds is 5. The molecule has 0 amide bonds. The fourth-order valence-corrected chi connectivity index (χ4v) is 5.70. The fourth-order valence-electron chi connectivity index (χ4n) is 4.28. The van der Waals surface area contributed by atoms with E-state index in [1.807, 2.05) is 12.1 Å². The number of sulfonamides is 1. The van der Waals surface area contributed by atoms with Crippen LogP contribution in [0.1, 0.15) is 32.6 Å². The van der Waals surface area contributed by atoms with Gasteiger partial charge in [0, 0.05) is 38.8 Å². The summed E-state index contributed by atoms with van der Waals surface area (Å²) in [5.41, 5.74) is 0. The van der Waals surface area contributed by atoms with Crippen LogP contribution in [-0.4, -0.2) is 61.7 Å². The molecule has 0 N–H and O–H groups in total. The third kappa shape index (κ3) is 4.27. The summed E-state index contributed by atoms with van der Waals surface area (Å²) in [6, 6.07) is 9.50. The molecule has 1 aromatic heterocycles. The molecular formula is C21H28FN5O2S. The van der Waals surface area contributed by atoms with Gasteiger partial charge in [0.2, 0.25) is 10.0 Å². The zero-order valence-corrected chi connectivity index (χ0v) is 18.1. The number of nitrogens with zero attached hydrogens (tertiary/aromatic N) is 5. The van der Waals surface area contributed by atoms with Gasteiger partial charge in [0.25, 0.3) is 0 Å². The summed E-state index contributed by atoms with van der Waals surface area (Å²) in [7, 11) is -3.62. The number of piperidine rings is 1. The van der Waals surface area contributed by atoms with Crippen LogP contribution in [0.2, 0.25) is 0 Å². The quantitative estimate of drug-likeness (QED) is 0.722. The first-order chi connectivity index (χ1) is 14.5. The third-order valence-corrected chi connectivity index (χ3v) is 7.96. The minimum Gasteiger partial charge on any atom is -0.352 e. The molecule has 162 valence electrons. The van der Waals surface area contributed by atoms with E-state index in [0.29, 0.717) is 32.2 Å². The second kappa shape index (κ2) is 8.85. The molecular weight excluding hydrogens is 405 g/mol. The Bertz CT molecular complexity index is 944. The maximum absolute atomic E-state index is 13.1. The molecule has 2 aliphatic rings. The summed E-state index contributed by atoms with van der Waals surface area (Å²) in [6.07, 6.45) is 4.76. The molecule has 0 radical (unpaired) electrons. The molecule has 0 spiro atoms. The molecule has 3 heterocycles. The molecule has 1 unspecified atom stereocenters. The number of benzene rings is 1. The first kappa shape index (κ1) is 21.0. The second-order valence-electron chi connectivity index (χ2n) is 7.85. The third-order valence-electron chi connectivity index (χ3n) is 6.04. The molecule has 0 saturated carbocycles. The number of hydrogen-bond donors (Lipinski definition) is 0. The Morgan fingerprint density at radius 2 is 1.60 bits per heavy atom. The summed E-state index contributed by atoms with van der Waals surface area (Å²) in [4.78, 5) is 4.53. The van der Waals surface area contributed by atoms with E-state index in [2.05, 4.69) is 26.9 Å². The number of halogens is 1. The molecule has 2 aromatic rings. The van der Waals surface area contributed by atoms with Crippen LogP contribution in [0.25, 0.3) is 0 Å². The van der Waals surface area contributed by atoms with Crippen LogP contribution in [0.4, 0.5) is 16.0 Å². The van der Waals surface area contributed by atoms with E-state index in [1.165, 1.54) is 47.8 Å². The van der Waals surface area contributed by atoms with Gasteiger partial charge in [0.05, 0.1) is 4.90 Å². The zero-order chi connectivity index (χ0) is 21.1. The highest BCUT2D eigenvalue weighted by molar-refractivity contribution is 7.89. The molecule has 2 aliphatic heterocycles. The molecule has 1 aromatic carbocycles. The summed E-state index contributed by atoms with van der Waals surface area (Å²) < 4.78 is 40.1. The van der Waals surface area contributed by atoms with Crippen molar-refractivity contribution in [3.05, 3.63) is 42.2 Å². The van der Waals surface area contributed by atoms with Crippen LogP contribution in [0.5, 0.6) is 0 Å². The van der Waals surface area contributed by atoms with Crippen LogP contribution in [-0.2, 0) is 10.0 Å². The Labute approximate surface area is 177 Å². The predicted octanol–water partition coefficient (Wildman–Crippen LogP) is 2.90. The van der Waals surface area contributed by atoms with Gasteiger partial charge in [0.15, 0.2) is 11.6 Å². The average Bonchev–Trinajstić information content (AvgIpc) is 2.79. The van der Waals surface area contributed by atoms with Gasteiger partial charge in [-0.2, -0.15) is 4.31 Å². The van der Waals surface area contributed by atoms with Gasteiger partial charge in [-0.3, -0.25) is 0 Å². The molecule has 0 bridgehead atoms. The van der Waals surface area contributed by atoms with E-state index >= 15 is 0 Å². The SMILES string of the molecule is CCC1CCCCN1c1ccc(N2CCN(S(=O)(=O)c3ccc(F)cc3)CC2)nn1. The molecule has 0 aliphatic carbocycles. The molecule has 2 fully saturated rings. The average molecular weight is 434 g/mol. The van der Waals surface area contributed by atoms with Crippen molar-refractivity contribution in [3.8, 4) is 0 Å². The normalized spacial score (nSPS) is 21.1.